The van der Waals surface area contributed by atoms with Crippen molar-refractivity contribution in [2.75, 3.05) is 0 Å². The maximum atomic E-state index is 2.51. The van der Waals surface area contributed by atoms with E-state index in [1.165, 1.54) is 87.0 Å². The van der Waals surface area contributed by atoms with Gasteiger partial charge in [0.25, 0.3) is 0 Å². The van der Waals surface area contributed by atoms with E-state index < -0.39 is 0 Å². The van der Waals surface area contributed by atoms with Gasteiger partial charge in [0.05, 0.1) is 33.1 Å². The number of nitrogens with zero attached hydrogens (tertiary/aromatic N) is 2. The van der Waals surface area contributed by atoms with E-state index in [4.69, 9.17) is 0 Å². The molecule has 0 radical (unpaired) electrons. The fourth-order valence-electron chi connectivity index (χ4n) is 7.08. The molecular formula is C34H18N2. The third-order valence-electron chi connectivity index (χ3n) is 8.53. The van der Waals surface area contributed by atoms with Crippen molar-refractivity contribution in [1.82, 2.24) is 8.80 Å². The molecule has 0 saturated heterocycles. The fourth-order valence-corrected chi connectivity index (χ4v) is 7.08. The van der Waals surface area contributed by atoms with Crippen molar-refractivity contribution in [1.29, 1.82) is 0 Å². The van der Waals surface area contributed by atoms with Crippen LogP contribution in [0.5, 0.6) is 0 Å². The van der Waals surface area contributed by atoms with Crippen LogP contribution in [0.25, 0.3) is 87.0 Å². The Balaban J connectivity index is 1.51. The summed E-state index contributed by atoms with van der Waals surface area (Å²) in [7, 11) is 0. The topological polar surface area (TPSA) is 8.82 Å². The van der Waals surface area contributed by atoms with Crippen LogP contribution >= 0.6 is 0 Å². The summed E-state index contributed by atoms with van der Waals surface area (Å²) < 4.78 is 4.99. The average Bonchev–Trinajstić information content (AvgIpc) is 3.64. The number of benzene rings is 6. The minimum absolute atomic E-state index is 1.28. The molecule has 0 amide bonds. The molecule has 4 aromatic heterocycles. The van der Waals surface area contributed by atoms with Gasteiger partial charge in [-0.25, -0.2) is 0 Å². The molecule has 36 heavy (non-hydrogen) atoms. The second-order valence-corrected chi connectivity index (χ2v) is 10.2. The first-order valence-corrected chi connectivity index (χ1v) is 12.5. The third kappa shape index (κ3) is 1.81. The van der Waals surface area contributed by atoms with E-state index in [-0.39, 0.29) is 0 Å². The van der Waals surface area contributed by atoms with Crippen molar-refractivity contribution in [2.45, 2.75) is 0 Å². The molecule has 0 aliphatic heterocycles. The van der Waals surface area contributed by atoms with Gasteiger partial charge in [0.2, 0.25) is 0 Å². The zero-order valence-electron chi connectivity index (χ0n) is 19.3. The van der Waals surface area contributed by atoms with E-state index in [0.717, 1.165) is 0 Å². The zero-order chi connectivity index (χ0) is 23.1. The van der Waals surface area contributed by atoms with Crippen LogP contribution in [-0.2, 0) is 0 Å². The predicted octanol–water partition coefficient (Wildman–Crippen LogP) is 9.14. The van der Waals surface area contributed by atoms with Gasteiger partial charge in [-0.05, 0) is 41.1 Å². The SMILES string of the molecule is c1ccc2cc3c(cc2c1)c1cccc2c4cc5c6cccc7c8ccccc8n(c5cc4n3c12)c76. The van der Waals surface area contributed by atoms with Crippen molar-refractivity contribution >= 4 is 87.0 Å². The lowest BCUT2D eigenvalue weighted by Crippen LogP contribution is -1.84. The number of rotatable bonds is 0. The van der Waals surface area contributed by atoms with Crippen molar-refractivity contribution < 1.29 is 0 Å². The van der Waals surface area contributed by atoms with Gasteiger partial charge >= 0.3 is 0 Å². The van der Waals surface area contributed by atoms with Crippen LogP contribution in [0.1, 0.15) is 0 Å². The van der Waals surface area contributed by atoms with E-state index in [9.17, 15) is 0 Å². The minimum Gasteiger partial charge on any atom is -0.308 e. The molecule has 10 aromatic rings. The molecular weight excluding hydrogens is 436 g/mol. The van der Waals surface area contributed by atoms with Crippen LogP contribution in [0.4, 0.5) is 0 Å². The monoisotopic (exact) mass is 454 g/mol. The van der Waals surface area contributed by atoms with Crippen LogP contribution in [0.15, 0.2) is 109 Å². The summed E-state index contributed by atoms with van der Waals surface area (Å²) in [6.45, 7) is 0. The van der Waals surface area contributed by atoms with Gasteiger partial charge in [0.1, 0.15) is 0 Å². The van der Waals surface area contributed by atoms with Crippen LogP contribution < -0.4 is 0 Å². The number of para-hydroxylation sites is 3. The third-order valence-corrected chi connectivity index (χ3v) is 8.53. The first-order valence-electron chi connectivity index (χ1n) is 12.5. The number of aromatic nitrogens is 2. The van der Waals surface area contributed by atoms with E-state index in [2.05, 4.69) is 118 Å². The van der Waals surface area contributed by atoms with Gasteiger partial charge in [-0.3, -0.25) is 0 Å². The lowest BCUT2D eigenvalue weighted by atomic mass is 10.0. The average molecular weight is 455 g/mol. The molecule has 0 fully saturated rings. The Bertz CT molecular complexity index is 2520. The number of hydrogen-bond donors (Lipinski definition) is 0. The molecule has 10 rings (SSSR count). The molecule has 6 aromatic carbocycles. The zero-order valence-corrected chi connectivity index (χ0v) is 19.3. The molecule has 0 aliphatic carbocycles. The van der Waals surface area contributed by atoms with Gasteiger partial charge in [-0.15, -0.1) is 0 Å². The molecule has 0 N–H and O–H groups in total. The molecule has 164 valence electrons. The Kier molecular flexibility index (Phi) is 2.78. The number of hydrogen-bond acceptors (Lipinski definition) is 0. The van der Waals surface area contributed by atoms with Crippen molar-refractivity contribution in [3.8, 4) is 0 Å². The first-order chi connectivity index (χ1) is 17.9. The normalized spacial score (nSPS) is 13.0. The quantitative estimate of drug-likeness (QED) is 0.216. The van der Waals surface area contributed by atoms with Crippen LogP contribution in [0.2, 0.25) is 0 Å². The van der Waals surface area contributed by atoms with Crippen LogP contribution in [0, 0.1) is 0 Å². The largest absolute Gasteiger partial charge is 0.308 e. The predicted molar refractivity (Wildman–Crippen MR) is 153 cm³/mol. The maximum Gasteiger partial charge on any atom is 0.0620 e. The molecule has 0 saturated carbocycles. The molecule has 0 bridgehead atoms. The lowest BCUT2D eigenvalue weighted by Gasteiger charge is -2.03. The van der Waals surface area contributed by atoms with E-state index in [0.29, 0.717) is 0 Å². The highest BCUT2D eigenvalue weighted by Crippen LogP contribution is 2.44. The minimum atomic E-state index is 1.28. The van der Waals surface area contributed by atoms with Crippen molar-refractivity contribution in [3.63, 3.8) is 0 Å². The van der Waals surface area contributed by atoms with Crippen LogP contribution in [-0.4, -0.2) is 8.80 Å². The maximum absolute atomic E-state index is 2.51. The van der Waals surface area contributed by atoms with Gasteiger partial charge in [-0.2, -0.15) is 0 Å². The summed E-state index contributed by atoms with van der Waals surface area (Å²) in [5, 5.41) is 13.2. The Morgan fingerprint density at radius 2 is 0.778 bits per heavy atom. The summed E-state index contributed by atoms with van der Waals surface area (Å²) in [5.74, 6) is 0. The molecule has 2 nitrogen and oxygen atoms in total. The molecule has 4 heterocycles. The molecule has 0 atom stereocenters. The van der Waals surface area contributed by atoms with Crippen LogP contribution in [0.3, 0.4) is 0 Å². The van der Waals surface area contributed by atoms with Gasteiger partial charge in [0.15, 0.2) is 0 Å². The summed E-state index contributed by atoms with van der Waals surface area (Å²) in [6, 6.07) is 40.7. The number of fused-ring (bicyclic) bond motifs is 13. The highest BCUT2D eigenvalue weighted by molar-refractivity contribution is 6.29. The Morgan fingerprint density at radius 1 is 0.306 bits per heavy atom. The standard InChI is InChI=1S/C34H18N2/c1-2-8-20-16-30-26(15-19(20)7-1)23-11-6-13-25-28-17-27-24-12-5-10-22-21-9-3-4-14-29(21)35(33(22)24)31(27)18-32(28)36(30)34(23)25/h1-18H. The summed E-state index contributed by atoms with van der Waals surface area (Å²) in [6.07, 6.45) is 0. The summed E-state index contributed by atoms with van der Waals surface area (Å²) in [4.78, 5) is 0. The Hall–Kier alpha value is -4.82. The Labute approximate surface area is 204 Å². The van der Waals surface area contributed by atoms with E-state index in [1.807, 2.05) is 0 Å². The van der Waals surface area contributed by atoms with E-state index in [1.54, 1.807) is 0 Å². The summed E-state index contributed by atoms with van der Waals surface area (Å²) in [5.41, 5.74) is 7.79. The van der Waals surface area contributed by atoms with Crippen molar-refractivity contribution in [2.24, 2.45) is 0 Å². The summed E-state index contributed by atoms with van der Waals surface area (Å²) >= 11 is 0. The van der Waals surface area contributed by atoms with E-state index >= 15 is 0 Å². The Morgan fingerprint density at radius 3 is 1.47 bits per heavy atom. The fraction of sp³-hybridized carbons (Fsp3) is 0. The van der Waals surface area contributed by atoms with Gasteiger partial charge in [0, 0.05) is 43.1 Å². The second kappa shape index (κ2) is 5.69. The second-order valence-electron chi connectivity index (χ2n) is 10.2. The smallest absolute Gasteiger partial charge is 0.0620 e. The highest BCUT2D eigenvalue weighted by atomic mass is 14.9. The van der Waals surface area contributed by atoms with Crippen molar-refractivity contribution in [3.05, 3.63) is 109 Å². The van der Waals surface area contributed by atoms with Gasteiger partial charge in [-0.1, -0.05) is 78.9 Å². The lowest BCUT2D eigenvalue weighted by molar-refractivity contribution is 1.35. The molecule has 0 unspecified atom stereocenters. The molecule has 0 aliphatic rings. The van der Waals surface area contributed by atoms with Gasteiger partial charge < -0.3 is 8.80 Å². The highest BCUT2D eigenvalue weighted by Gasteiger charge is 2.22. The molecule has 0 spiro atoms. The first kappa shape index (κ1) is 17.6. The molecule has 2 heteroatoms.